The van der Waals surface area contributed by atoms with Crippen LogP contribution in [0.1, 0.15) is 11.1 Å². The number of hydrogen-bond acceptors (Lipinski definition) is 6. The van der Waals surface area contributed by atoms with Crippen LogP contribution in [0.15, 0.2) is 32.9 Å². The minimum Gasteiger partial charge on any atom is -0.320 e. The van der Waals surface area contributed by atoms with Crippen molar-refractivity contribution >= 4 is 34.9 Å². The van der Waals surface area contributed by atoms with Gasteiger partial charge in [-0.05, 0) is 17.9 Å². The van der Waals surface area contributed by atoms with Gasteiger partial charge >= 0.3 is 0 Å². The van der Waals surface area contributed by atoms with Gasteiger partial charge in [-0.2, -0.15) is 0 Å². The van der Waals surface area contributed by atoms with Crippen molar-refractivity contribution in [3.8, 4) is 11.8 Å². The summed E-state index contributed by atoms with van der Waals surface area (Å²) < 4.78 is 1.99. The molecule has 0 unspecified atom stereocenters. The van der Waals surface area contributed by atoms with Gasteiger partial charge in [0.1, 0.15) is 0 Å². The van der Waals surface area contributed by atoms with Crippen LogP contribution in [0.5, 0.6) is 0 Å². The van der Waals surface area contributed by atoms with Crippen LogP contribution in [-0.4, -0.2) is 23.0 Å². The van der Waals surface area contributed by atoms with Crippen LogP contribution in [0, 0.1) is 11.8 Å². The van der Waals surface area contributed by atoms with Crippen molar-refractivity contribution < 1.29 is 0 Å². The summed E-state index contributed by atoms with van der Waals surface area (Å²) in [6, 6.07) is 8.12. The molecule has 2 rings (SSSR count). The normalized spacial score (nSPS) is 10.0. The first-order chi connectivity index (χ1) is 9.33. The Labute approximate surface area is 125 Å². The van der Waals surface area contributed by atoms with E-state index < -0.39 is 0 Å². The maximum atomic E-state index is 5.41. The maximum Gasteiger partial charge on any atom is 0.175 e. The molecule has 0 fully saturated rings. The molecule has 2 aromatic rings. The molecule has 1 heterocycles. The third-order valence-electron chi connectivity index (χ3n) is 2.26. The van der Waals surface area contributed by atoms with Gasteiger partial charge in [0.25, 0.3) is 0 Å². The Hall–Kier alpha value is -1.00. The van der Waals surface area contributed by atoms with Gasteiger partial charge in [-0.3, -0.25) is 0 Å². The van der Waals surface area contributed by atoms with Crippen LogP contribution in [0.3, 0.4) is 0 Å². The van der Waals surface area contributed by atoms with E-state index in [1.165, 1.54) is 5.56 Å². The second kappa shape index (κ2) is 7.56. The molecular formula is C13H13N3S3. The lowest BCUT2D eigenvalue weighted by atomic mass is 10.1. The summed E-state index contributed by atoms with van der Waals surface area (Å²) in [5.41, 5.74) is 7.65. The minimum atomic E-state index is 0.384. The Morgan fingerprint density at radius 1 is 1.26 bits per heavy atom. The van der Waals surface area contributed by atoms with Gasteiger partial charge in [-0.25, -0.2) is 0 Å². The van der Waals surface area contributed by atoms with Gasteiger partial charge in [0.15, 0.2) is 8.68 Å². The van der Waals surface area contributed by atoms with Gasteiger partial charge in [0.05, 0.1) is 6.54 Å². The number of nitrogens with zero attached hydrogens (tertiary/aromatic N) is 2. The molecule has 1 aromatic carbocycles. The van der Waals surface area contributed by atoms with Crippen molar-refractivity contribution in [2.45, 2.75) is 14.4 Å². The third-order valence-corrected chi connectivity index (χ3v) is 5.34. The van der Waals surface area contributed by atoms with E-state index in [9.17, 15) is 0 Å². The second-order valence-corrected chi connectivity index (χ2v) is 6.74. The standard InChI is InChI=1S/C13H13N3S3/c1-17-12-15-16-13(19-12)18-9-11-6-3-2-5-10(11)7-4-8-14/h2-3,5-6H,8-9,14H2,1H3. The van der Waals surface area contributed by atoms with E-state index in [1.54, 1.807) is 34.9 Å². The van der Waals surface area contributed by atoms with E-state index >= 15 is 0 Å². The predicted molar refractivity (Wildman–Crippen MR) is 83.6 cm³/mol. The number of aromatic nitrogens is 2. The third kappa shape index (κ3) is 4.25. The summed E-state index contributed by atoms with van der Waals surface area (Å²) in [5, 5.41) is 8.23. The van der Waals surface area contributed by atoms with E-state index in [-0.39, 0.29) is 0 Å². The van der Waals surface area contributed by atoms with E-state index in [1.807, 2.05) is 24.5 Å². The maximum absolute atomic E-state index is 5.41. The molecule has 3 nitrogen and oxygen atoms in total. The van der Waals surface area contributed by atoms with E-state index in [2.05, 4.69) is 28.1 Å². The molecule has 2 N–H and O–H groups in total. The van der Waals surface area contributed by atoms with Crippen LogP contribution in [0.2, 0.25) is 0 Å². The average molecular weight is 307 g/mol. The number of nitrogens with two attached hydrogens (primary N) is 1. The molecule has 0 spiro atoms. The van der Waals surface area contributed by atoms with Crippen molar-refractivity contribution in [1.82, 2.24) is 10.2 Å². The second-order valence-electron chi connectivity index (χ2n) is 3.49. The lowest BCUT2D eigenvalue weighted by molar-refractivity contribution is 0.955. The Morgan fingerprint density at radius 3 is 2.79 bits per heavy atom. The molecule has 0 saturated carbocycles. The number of hydrogen-bond donors (Lipinski definition) is 1. The average Bonchev–Trinajstić information content (AvgIpc) is 2.91. The summed E-state index contributed by atoms with van der Waals surface area (Å²) in [4.78, 5) is 0. The zero-order valence-corrected chi connectivity index (χ0v) is 12.9. The first-order valence-electron chi connectivity index (χ1n) is 5.60. The molecule has 0 aliphatic heterocycles. The molecule has 0 radical (unpaired) electrons. The molecule has 0 saturated heterocycles. The van der Waals surface area contributed by atoms with Gasteiger partial charge < -0.3 is 5.73 Å². The molecule has 0 atom stereocenters. The fourth-order valence-corrected chi connectivity index (χ4v) is 3.83. The first-order valence-corrected chi connectivity index (χ1v) is 8.63. The fourth-order valence-electron chi connectivity index (χ4n) is 1.39. The molecule has 19 heavy (non-hydrogen) atoms. The fraction of sp³-hybridized carbons (Fsp3) is 0.231. The minimum absolute atomic E-state index is 0.384. The number of thioether (sulfide) groups is 2. The highest BCUT2D eigenvalue weighted by Gasteiger charge is 2.05. The van der Waals surface area contributed by atoms with Crippen LogP contribution in [0.25, 0.3) is 0 Å². The summed E-state index contributed by atoms with van der Waals surface area (Å²) in [5.74, 6) is 6.84. The van der Waals surface area contributed by atoms with Gasteiger partial charge in [0.2, 0.25) is 0 Å². The van der Waals surface area contributed by atoms with Crippen molar-refractivity contribution in [3.05, 3.63) is 35.4 Å². The Kier molecular flexibility index (Phi) is 5.73. The van der Waals surface area contributed by atoms with Crippen LogP contribution in [-0.2, 0) is 5.75 Å². The lowest BCUT2D eigenvalue weighted by Crippen LogP contribution is -1.94. The Morgan fingerprint density at radius 2 is 2.05 bits per heavy atom. The van der Waals surface area contributed by atoms with Crippen molar-refractivity contribution in [3.63, 3.8) is 0 Å². The molecule has 0 amide bonds. The molecule has 0 bridgehead atoms. The van der Waals surface area contributed by atoms with E-state index in [4.69, 9.17) is 5.73 Å². The molecular weight excluding hydrogens is 294 g/mol. The summed E-state index contributed by atoms with van der Waals surface area (Å²) >= 11 is 4.93. The molecule has 1 aromatic heterocycles. The van der Waals surface area contributed by atoms with Crippen LogP contribution < -0.4 is 5.73 Å². The topological polar surface area (TPSA) is 51.8 Å². The van der Waals surface area contributed by atoms with E-state index in [0.29, 0.717) is 6.54 Å². The SMILES string of the molecule is CSc1nnc(SCc2ccccc2C#CCN)s1. The highest BCUT2D eigenvalue weighted by molar-refractivity contribution is 8.02. The molecule has 98 valence electrons. The molecule has 0 aliphatic rings. The monoisotopic (exact) mass is 307 g/mol. The summed E-state index contributed by atoms with van der Waals surface area (Å²) in [7, 11) is 0. The van der Waals surface area contributed by atoms with Gasteiger partial charge in [0, 0.05) is 11.3 Å². The van der Waals surface area contributed by atoms with Crippen LogP contribution in [0.4, 0.5) is 0 Å². The zero-order chi connectivity index (χ0) is 13.5. The highest BCUT2D eigenvalue weighted by Crippen LogP contribution is 2.30. The quantitative estimate of drug-likeness (QED) is 0.695. The summed E-state index contributed by atoms with van der Waals surface area (Å²) in [6.07, 6.45) is 2.01. The van der Waals surface area contributed by atoms with Gasteiger partial charge in [-0.1, -0.05) is 64.9 Å². The number of rotatable bonds is 4. The van der Waals surface area contributed by atoms with Crippen LogP contribution >= 0.6 is 34.9 Å². The van der Waals surface area contributed by atoms with E-state index in [0.717, 1.165) is 20.0 Å². The predicted octanol–water partition coefficient (Wildman–Crippen LogP) is 2.86. The number of benzene rings is 1. The highest BCUT2D eigenvalue weighted by atomic mass is 32.2. The Balaban J connectivity index is 2.06. The van der Waals surface area contributed by atoms with Crippen molar-refractivity contribution in [2.24, 2.45) is 5.73 Å². The summed E-state index contributed by atoms with van der Waals surface area (Å²) in [6.45, 7) is 0.384. The molecule has 6 heteroatoms. The largest absolute Gasteiger partial charge is 0.320 e. The lowest BCUT2D eigenvalue weighted by Gasteiger charge is -2.02. The van der Waals surface area contributed by atoms with Gasteiger partial charge in [-0.15, -0.1) is 10.2 Å². The zero-order valence-electron chi connectivity index (χ0n) is 10.4. The van der Waals surface area contributed by atoms with Crippen molar-refractivity contribution in [2.75, 3.05) is 12.8 Å². The first kappa shape index (κ1) is 14.4. The molecule has 0 aliphatic carbocycles. The van der Waals surface area contributed by atoms with Crippen molar-refractivity contribution in [1.29, 1.82) is 0 Å². The Bertz CT molecular complexity index is 598. The smallest absolute Gasteiger partial charge is 0.175 e.